The highest BCUT2D eigenvalue weighted by Gasteiger charge is 2.08. The zero-order chi connectivity index (χ0) is 21.4. The number of hydrogen-bond donors (Lipinski definition) is 3. The van der Waals surface area contributed by atoms with E-state index in [1.165, 1.54) is 11.6 Å². The van der Waals surface area contributed by atoms with Gasteiger partial charge in [0.1, 0.15) is 0 Å². The van der Waals surface area contributed by atoms with Crippen LogP contribution in [0.4, 0.5) is 0 Å². The van der Waals surface area contributed by atoms with Crippen molar-refractivity contribution >= 4 is 16.0 Å². The minimum atomic E-state index is -3.73. The predicted molar refractivity (Wildman–Crippen MR) is 117 cm³/mol. The molecule has 0 saturated heterocycles. The maximum Gasteiger partial charge on any atom is 0.238 e. The standard InChI is InChI=1S/C21H26N6O2S/c1-2-23-21(24-14-17-7-5-10-20(13-17)30(22,28)29)25-15-18-8-3-4-9-19(18)16-27-12-6-11-26-27/h3-13H,2,14-16H2,1H3,(H2,22,28,29)(H2,23,24,25). The van der Waals surface area contributed by atoms with Crippen molar-refractivity contribution < 1.29 is 8.42 Å². The third-order valence-electron chi connectivity index (χ3n) is 4.45. The molecule has 3 rings (SSSR count). The Morgan fingerprint density at radius 1 is 1.10 bits per heavy atom. The summed E-state index contributed by atoms with van der Waals surface area (Å²) >= 11 is 0. The van der Waals surface area contributed by atoms with Gasteiger partial charge in [0.25, 0.3) is 0 Å². The number of primary sulfonamides is 1. The number of sulfonamides is 1. The summed E-state index contributed by atoms with van der Waals surface area (Å²) in [5.74, 6) is 0.646. The molecule has 158 valence electrons. The van der Waals surface area contributed by atoms with Crippen LogP contribution < -0.4 is 15.8 Å². The van der Waals surface area contributed by atoms with Crippen LogP contribution in [0.2, 0.25) is 0 Å². The van der Waals surface area contributed by atoms with Crippen LogP contribution in [0.15, 0.2) is 76.9 Å². The molecule has 1 heterocycles. The van der Waals surface area contributed by atoms with E-state index in [9.17, 15) is 8.42 Å². The maximum atomic E-state index is 11.5. The molecule has 0 unspecified atom stereocenters. The lowest BCUT2D eigenvalue weighted by molar-refractivity contribution is 0.597. The Morgan fingerprint density at radius 2 is 1.90 bits per heavy atom. The normalized spacial score (nSPS) is 12.0. The van der Waals surface area contributed by atoms with Crippen LogP contribution in [-0.2, 0) is 29.7 Å². The van der Waals surface area contributed by atoms with Crippen LogP contribution in [0.5, 0.6) is 0 Å². The molecule has 2 aromatic carbocycles. The number of aliphatic imine (C=N–C) groups is 1. The molecule has 3 aromatic rings. The number of aromatic nitrogens is 2. The van der Waals surface area contributed by atoms with Crippen LogP contribution in [0.25, 0.3) is 0 Å². The maximum absolute atomic E-state index is 11.5. The molecule has 1 aromatic heterocycles. The minimum Gasteiger partial charge on any atom is -0.357 e. The van der Waals surface area contributed by atoms with Crippen molar-refractivity contribution in [3.05, 3.63) is 83.7 Å². The van der Waals surface area contributed by atoms with Crippen molar-refractivity contribution in [2.24, 2.45) is 10.1 Å². The van der Waals surface area contributed by atoms with Gasteiger partial charge in [-0.2, -0.15) is 5.10 Å². The van der Waals surface area contributed by atoms with E-state index in [1.54, 1.807) is 18.3 Å². The molecule has 30 heavy (non-hydrogen) atoms. The number of hydrogen-bond acceptors (Lipinski definition) is 4. The molecule has 0 amide bonds. The molecule has 0 atom stereocenters. The van der Waals surface area contributed by atoms with Gasteiger partial charge in [0, 0.05) is 25.5 Å². The van der Waals surface area contributed by atoms with E-state index in [-0.39, 0.29) is 4.90 Å². The van der Waals surface area contributed by atoms with Gasteiger partial charge >= 0.3 is 0 Å². The number of rotatable bonds is 8. The Balaban J connectivity index is 1.69. The molecule has 0 spiro atoms. The lowest BCUT2D eigenvalue weighted by atomic mass is 10.1. The third kappa shape index (κ3) is 6.16. The fraction of sp³-hybridized carbons (Fsp3) is 0.238. The van der Waals surface area contributed by atoms with E-state index in [2.05, 4.69) is 32.9 Å². The highest BCUT2D eigenvalue weighted by atomic mass is 32.2. The van der Waals surface area contributed by atoms with E-state index in [4.69, 9.17) is 5.14 Å². The monoisotopic (exact) mass is 426 g/mol. The smallest absolute Gasteiger partial charge is 0.238 e. The fourth-order valence-corrected chi connectivity index (χ4v) is 3.55. The Labute approximate surface area is 176 Å². The summed E-state index contributed by atoms with van der Waals surface area (Å²) in [7, 11) is -3.73. The first-order chi connectivity index (χ1) is 14.5. The fourth-order valence-electron chi connectivity index (χ4n) is 2.96. The van der Waals surface area contributed by atoms with E-state index in [0.717, 1.165) is 11.1 Å². The topological polar surface area (TPSA) is 114 Å². The van der Waals surface area contributed by atoms with Gasteiger partial charge in [-0.3, -0.25) is 4.68 Å². The number of nitrogens with one attached hydrogen (secondary N) is 2. The zero-order valence-corrected chi connectivity index (χ0v) is 17.6. The quantitative estimate of drug-likeness (QED) is 0.376. The molecular formula is C21H26N6O2S. The van der Waals surface area contributed by atoms with Crippen LogP contribution >= 0.6 is 0 Å². The van der Waals surface area contributed by atoms with Crippen molar-refractivity contribution in [3.8, 4) is 0 Å². The van der Waals surface area contributed by atoms with Crippen LogP contribution in [-0.4, -0.2) is 30.7 Å². The average Bonchev–Trinajstić information content (AvgIpc) is 3.24. The first-order valence-corrected chi connectivity index (χ1v) is 11.2. The van der Waals surface area contributed by atoms with Crippen molar-refractivity contribution in [2.75, 3.05) is 6.54 Å². The van der Waals surface area contributed by atoms with Crippen molar-refractivity contribution in [1.82, 2.24) is 20.4 Å². The van der Waals surface area contributed by atoms with Crippen LogP contribution in [0.1, 0.15) is 23.6 Å². The Bertz CT molecular complexity index is 1090. The number of guanidine groups is 1. The van der Waals surface area contributed by atoms with Crippen LogP contribution in [0, 0.1) is 0 Å². The average molecular weight is 427 g/mol. The lowest BCUT2D eigenvalue weighted by Gasteiger charge is -2.14. The first-order valence-electron chi connectivity index (χ1n) is 9.64. The SMILES string of the molecule is CCNC(=NCc1cccc(S(N)(=O)=O)c1)NCc1ccccc1Cn1cccn1. The number of nitrogens with two attached hydrogens (primary N) is 1. The molecule has 0 bridgehead atoms. The summed E-state index contributed by atoms with van der Waals surface area (Å²) in [6.45, 7) is 4.31. The number of benzene rings is 2. The summed E-state index contributed by atoms with van der Waals surface area (Å²) in [6.07, 6.45) is 3.70. The summed E-state index contributed by atoms with van der Waals surface area (Å²) in [5, 5.41) is 16.0. The number of nitrogens with zero attached hydrogens (tertiary/aromatic N) is 3. The molecular weight excluding hydrogens is 400 g/mol. The van der Waals surface area contributed by atoms with E-state index in [0.29, 0.717) is 32.1 Å². The first kappa shape index (κ1) is 21.5. The van der Waals surface area contributed by atoms with Crippen molar-refractivity contribution in [2.45, 2.75) is 31.5 Å². The van der Waals surface area contributed by atoms with Crippen molar-refractivity contribution in [3.63, 3.8) is 0 Å². The minimum absolute atomic E-state index is 0.0840. The van der Waals surface area contributed by atoms with Gasteiger partial charge in [0.05, 0.1) is 18.0 Å². The second-order valence-corrected chi connectivity index (χ2v) is 8.27. The van der Waals surface area contributed by atoms with Gasteiger partial charge in [-0.05, 0) is 41.8 Å². The molecule has 0 saturated carbocycles. The summed E-state index contributed by atoms with van der Waals surface area (Å²) in [6, 6.07) is 16.6. The lowest BCUT2D eigenvalue weighted by Crippen LogP contribution is -2.37. The molecule has 9 heteroatoms. The zero-order valence-electron chi connectivity index (χ0n) is 16.8. The van der Waals surface area contributed by atoms with E-state index < -0.39 is 10.0 Å². The molecule has 0 radical (unpaired) electrons. The second kappa shape index (κ2) is 10.0. The molecule has 0 aliphatic heterocycles. The Hall–Kier alpha value is -3.17. The highest BCUT2D eigenvalue weighted by Crippen LogP contribution is 2.12. The van der Waals surface area contributed by atoms with Gasteiger partial charge < -0.3 is 10.6 Å². The molecule has 4 N–H and O–H groups in total. The molecule has 8 nitrogen and oxygen atoms in total. The summed E-state index contributed by atoms with van der Waals surface area (Å²) in [5.41, 5.74) is 3.08. The summed E-state index contributed by atoms with van der Waals surface area (Å²) in [4.78, 5) is 4.65. The Morgan fingerprint density at radius 3 is 2.60 bits per heavy atom. The molecule has 0 fully saturated rings. The van der Waals surface area contributed by atoms with E-state index >= 15 is 0 Å². The van der Waals surface area contributed by atoms with Crippen molar-refractivity contribution in [1.29, 1.82) is 0 Å². The highest BCUT2D eigenvalue weighted by molar-refractivity contribution is 7.89. The van der Waals surface area contributed by atoms with Gasteiger partial charge in [-0.25, -0.2) is 18.5 Å². The molecule has 0 aliphatic carbocycles. The van der Waals surface area contributed by atoms with Gasteiger partial charge in [0.15, 0.2) is 5.96 Å². The Kier molecular flexibility index (Phi) is 7.21. The van der Waals surface area contributed by atoms with Gasteiger partial charge in [0.2, 0.25) is 10.0 Å². The van der Waals surface area contributed by atoms with Crippen LogP contribution in [0.3, 0.4) is 0 Å². The third-order valence-corrected chi connectivity index (χ3v) is 5.36. The van der Waals surface area contributed by atoms with Gasteiger partial charge in [-0.1, -0.05) is 36.4 Å². The second-order valence-electron chi connectivity index (χ2n) is 6.71. The van der Waals surface area contributed by atoms with E-state index in [1.807, 2.05) is 42.1 Å². The largest absolute Gasteiger partial charge is 0.357 e. The molecule has 0 aliphatic rings. The predicted octanol–water partition coefficient (Wildman–Crippen LogP) is 1.83. The van der Waals surface area contributed by atoms with Gasteiger partial charge in [-0.15, -0.1) is 0 Å². The summed E-state index contributed by atoms with van der Waals surface area (Å²) < 4.78 is 25.0.